The SMILES string of the molecule is CN1c2ccccc2C(c2ccccc2)=NCC1CNC(=O)c1ccc(Cl)c(Cl)c1.Cl. The number of aliphatic imine (C=N–C) groups is 1. The van der Waals surface area contributed by atoms with E-state index in [0.29, 0.717) is 28.7 Å². The molecule has 3 aromatic rings. The van der Waals surface area contributed by atoms with Crippen LogP contribution in [0.5, 0.6) is 0 Å². The highest BCUT2D eigenvalue weighted by Gasteiger charge is 2.24. The van der Waals surface area contributed by atoms with E-state index >= 15 is 0 Å². The number of hydrogen-bond acceptors (Lipinski definition) is 3. The second-order valence-electron chi connectivity index (χ2n) is 7.18. The lowest BCUT2D eigenvalue weighted by atomic mass is 10.0. The molecule has 0 aromatic heterocycles. The van der Waals surface area contributed by atoms with Gasteiger partial charge in [-0.2, -0.15) is 0 Å². The van der Waals surface area contributed by atoms with Crippen molar-refractivity contribution in [2.75, 3.05) is 25.0 Å². The van der Waals surface area contributed by atoms with Crippen molar-refractivity contribution >= 4 is 52.9 Å². The van der Waals surface area contributed by atoms with E-state index in [9.17, 15) is 4.79 Å². The molecule has 4 nitrogen and oxygen atoms in total. The average molecular weight is 475 g/mol. The molecule has 1 unspecified atom stereocenters. The van der Waals surface area contributed by atoms with Crippen LogP contribution in [-0.2, 0) is 0 Å². The highest BCUT2D eigenvalue weighted by Crippen LogP contribution is 2.27. The number of nitrogens with zero attached hydrogens (tertiary/aromatic N) is 2. The Hall–Kier alpha value is -2.53. The lowest BCUT2D eigenvalue weighted by Crippen LogP contribution is -2.43. The fourth-order valence-corrected chi connectivity index (χ4v) is 3.87. The van der Waals surface area contributed by atoms with Gasteiger partial charge in [-0.05, 0) is 24.3 Å². The van der Waals surface area contributed by atoms with Crippen molar-refractivity contribution in [1.82, 2.24) is 5.32 Å². The molecule has 0 radical (unpaired) electrons. The molecule has 3 aromatic carbocycles. The third-order valence-electron chi connectivity index (χ3n) is 5.27. The Balaban J connectivity index is 0.00000272. The molecular formula is C24H22Cl3N3O. The molecule has 0 spiro atoms. The van der Waals surface area contributed by atoms with Gasteiger partial charge in [0.2, 0.25) is 0 Å². The first-order valence-corrected chi connectivity index (χ1v) is 10.5. The van der Waals surface area contributed by atoms with Gasteiger partial charge in [0.15, 0.2) is 0 Å². The van der Waals surface area contributed by atoms with Crippen LogP contribution < -0.4 is 10.2 Å². The van der Waals surface area contributed by atoms with Crippen LogP contribution in [-0.4, -0.2) is 37.8 Å². The van der Waals surface area contributed by atoms with Crippen LogP contribution in [0.3, 0.4) is 0 Å². The first kappa shape index (κ1) is 23.1. The summed E-state index contributed by atoms with van der Waals surface area (Å²) >= 11 is 12.0. The average Bonchev–Trinajstić information content (AvgIpc) is 2.91. The molecule has 4 rings (SSSR count). The number of benzene rings is 3. The minimum absolute atomic E-state index is 0. The fourth-order valence-electron chi connectivity index (χ4n) is 3.58. The molecule has 1 N–H and O–H groups in total. The van der Waals surface area contributed by atoms with Gasteiger partial charge in [0.1, 0.15) is 0 Å². The van der Waals surface area contributed by atoms with E-state index in [1.165, 1.54) is 0 Å². The third-order valence-corrected chi connectivity index (χ3v) is 6.01. The molecular weight excluding hydrogens is 453 g/mol. The Morgan fingerprint density at radius 3 is 2.48 bits per heavy atom. The Morgan fingerprint density at radius 1 is 1.03 bits per heavy atom. The highest BCUT2D eigenvalue weighted by molar-refractivity contribution is 6.42. The van der Waals surface area contributed by atoms with Crippen LogP contribution in [0, 0.1) is 0 Å². The van der Waals surface area contributed by atoms with Crippen LogP contribution in [0.4, 0.5) is 5.69 Å². The van der Waals surface area contributed by atoms with Crippen molar-refractivity contribution in [2.45, 2.75) is 6.04 Å². The number of para-hydroxylation sites is 1. The number of rotatable bonds is 4. The molecule has 31 heavy (non-hydrogen) atoms. The van der Waals surface area contributed by atoms with Crippen molar-refractivity contribution in [3.63, 3.8) is 0 Å². The van der Waals surface area contributed by atoms with Crippen molar-refractivity contribution in [2.24, 2.45) is 4.99 Å². The number of carbonyl (C=O) groups excluding carboxylic acids is 1. The first-order valence-electron chi connectivity index (χ1n) is 9.70. The summed E-state index contributed by atoms with van der Waals surface area (Å²) < 4.78 is 0. The lowest BCUT2D eigenvalue weighted by molar-refractivity contribution is 0.0951. The Morgan fingerprint density at radius 2 is 1.74 bits per heavy atom. The van der Waals surface area contributed by atoms with Crippen molar-refractivity contribution in [1.29, 1.82) is 0 Å². The zero-order valence-corrected chi connectivity index (χ0v) is 19.2. The minimum Gasteiger partial charge on any atom is -0.367 e. The van der Waals surface area contributed by atoms with Crippen LogP contribution in [0.25, 0.3) is 0 Å². The molecule has 0 saturated carbocycles. The second kappa shape index (κ2) is 10.2. The summed E-state index contributed by atoms with van der Waals surface area (Å²) in [6, 6.07) is 23.3. The molecule has 1 aliphatic heterocycles. The molecule has 0 aliphatic carbocycles. The zero-order chi connectivity index (χ0) is 21.1. The number of halogens is 3. The summed E-state index contributed by atoms with van der Waals surface area (Å²) in [6.07, 6.45) is 0. The maximum absolute atomic E-state index is 12.6. The number of nitrogens with one attached hydrogen (secondary N) is 1. The number of anilines is 1. The Kier molecular flexibility index (Phi) is 7.60. The number of fused-ring (bicyclic) bond motifs is 1. The standard InChI is InChI=1S/C24H21Cl2N3O.ClH/c1-29-18(15-28-24(30)17-11-12-20(25)21(26)13-17)14-27-23(16-7-3-2-4-8-16)19-9-5-6-10-22(19)29;/h2-13,18H,14-15H2,1H3,(H,28,30);1H. The fraction of sp³-hybridized carbons (Fsp3) is 0.167. The molecule has 1 atom stereocenters. The summed E-state index contributed by atoms with van der Waals surface area (Å²) in [5, 5.41) is 3.80. The van der Waals surface area contributed by atoms with Gasteiger partial charge in [-0.15, -0.1) is 12.4 Å². The van der Waals surface area contributed by atoms with Gasteiger partial charge in [0.25, 0.3) is 5.91 Å². The summed E-state index contributed by atoms with van der Waals surface area (Å²) in [4.78, 5) is 19.7. The third kappa shape index (κ3) is 5.04. The number of benzodiazepines with no additional fused rings is 1. The normalized spacial score (nSPS) is 15.3. The molecule has 0 fully saturated rings. The number of amides is 1. The van der Waals surface area contributed by atoms with Gasteiger partial charge in [0.05, 0.1) is 28.3 Å². The van der Waals surface area contributed by atoms with Crippen LogP contribution in [0.2, 0.25) is 10.0 Å². The van der Waals surface area contributed by atoms with Crippen molar-refractivity contribution < 1.29 is 4.79 Å². The van der Waals surface area contributed by atoms with E-state index in [1.807, 2.05) is 37.4 Å². The summed E-state index contributed by atoms with van der Waals surface area (Å²) in [7, 11) is 2.04. The predicted octanol–water partition coefficient (Wildman–Crippen LogP) is 5.50. The quantitative estimate of drug-likeness (QED) is 0.542. The monoisotopic (exact) mass is 473 g/mol. The van der Waals surface area contributed by atoms with Gasteiger partial charge < -0.3 is 10.2 Å². The number of carbonyl (C=O) groups is 1. The van der Waals surface area contributed by atoms with E-state index in [-0.39, 0.29) is 24.4 Å². The van der Waals surface area contributed by atoms with Crippen LogP contribution >= 0.6 is 35.6 Å². The maximum Gasteiger partial charge on any atom is 0.251 e. The zero-order valence-electron chi connectivity index (χ0n) is 16.9. The maximum atomic E-state index is 12.6. The van der Waals surface area contributed by atoms with Gasteiger partial charge in [-0.25, -0.2) is 0 Å². The van der Waals surface area contributed by atoms with E-state index in [2.05, 4.69) is 34.5 Å². The molecule has 0 saturated heterocycles. The highest BCUT2D eigenvalue weighted by atomic mass is 35.5. The second-order valence-corrected chi connectivity index (χ2v) is 7.99. The molecule has 7 heteroatoms. The number of hydrogen-bond donors (Lipinski definition) is 1. The summed E-state index contributed by atoms with van der Waals surface area (Å²) in [5.41, 5.74) is 4.71. The predicted molar refractivity (Wildman–Crippen MR) is 132 cm³/mol. The molecule has 0 bridgehead atoms. The van der Waals surface area contributed by atoms with E-state index in [1.54, 1.807) is 18.2 Å². The lowest BCUT2D eigenvalue weighted by Gasteiger charge is -2.28. The Bertz CT molecular complexity index is 1100. The molecule has 1 aliphatic rings. The summed E-state index contributed by atoms with van der Waals surface area (Å²) in [5.74, 6) is -0.188. The Labute approximate surface area is 198 Å². The minimum atomic E-state index is -0.188. The van der Waals surface area contributed by atoms with Gasteiger partial charge in [-0.1, -0.05) is 71.7 Å². The van der Waals surface area contributed by atoms with E-state index < -0.39 is 0 Å². The topological polar surface area (TPSA) is 44.7 Å². The van der Waals surface area contributed by atoms with Gasteiger partial charge in [0, 0.05) is 36.0 Å². The van der Waals surface area contributed by atoms with E-state index in [0.717, 1.165) is 22.5 Å². The smallest absolute Gasteiger partial charge is 0.251 e. The molecule has 160 valence electrons. The largest absolute Gasteiger partial charge is 0.367 e. The summed E-state index contributed by atoms with van der Waals surface area (Å²) in [6.45, 7) is 1.02. The van der Waals surface area contributed by atoms with Gasteiger partial charge in [-0.3, -0.25) is 9.79 Å². The molecule has 1 heterocycles. The first-order chi connectivity index (χ1) is 14.5. The molecule has 1 amide bonds. The van der Waals surface area contributed by atoms with Crippen molar-refractivity contribution in [3.05, 3.63) is 99.5 Å². The van der Waals surface area contributed by atoms with Crippen LogP contribution in [0.1, 0.15) is 21.5 Å². The van der Waals surface area contributed by atoms with Crippen LogP contribution in [0.15, 0.2) is 77.8 Å². The van der Waals surface area contributed by atoms with Gasteiger partial charge >= 0.3 is 0 Å². The number of likely N-dealkylation sites (N-methyl/N-ethyl adjacent to an activating group) is 1. The van der Waals surface area contributed by atoms with E-state index in [4.69, 9.17) is 28.2 Å². The van der Waals surface area contributed by atoms with Crippen molar-refractivity contribution in [3.8, 4) is 0 Å².